The molecule has 2 N–H and O–H groups in total. The molecule has 0 radical (unpaired) electrons. The summed E-state index contributed by atoms with van der Waals surface area (Å²) in [5.74, 6) is 0.556. The van der Waals surface area contributed by atoms with E-state index in [0.717, 1.165) is 18.2 Å². The minimum absolute atomic E-state index is 0.194. The molecular formula is C15H23FN2. The second kappa shape index (κ2) is 5.70. The van der Waals surface area contributed by atoms with Crippen molar-refractivity contribution in [2.24, 2.45) is 11.7 Å². The number of hydrogen-bond donors (Lipinski definition) is 1. The van der Waals surface area contributed by atoms with Crippen LogP contribution in [0.2, 0.25) is 0 Å². The zero-order valence-electron chi connectivity index (χ0n) is 11.3. The molecule has 1 atom stereocenters. The van der Waals surface area contributed by atoms with Crippen LogP contribution in [0.15, 0.2) is 18.2 Å². The molecule has 0 aliphatic heterocycles. The monoisotopic (exact) mass is 250 g/mol. The van der Waals surface area contributed by atoms with Crippen LogP contribution < -0.4 is 10.6 Å². The van der Waals surface area contributed by atoms with Crippen molar-refractivity contribution in [2.45, 2.75) is 38.6 Å². The lowest BCUT2D eigenvalue weighted by atomic mass is 10.0. The number of hydrogen-bond acceptors (Lipinski definition) is 2. The van der Waals surface area contributed by atoms with E-state index >= 15 is 0 Å². The van der Waals surface area contributed by atoms with Crippen molar-refractivity contribution < 1.29 is 4.39 Å². The molecule has 1 fully saturated rings. The second-order valence-corrected chi connectivity index (χ2v) is 5.49. The topological polar surface area (TPSA) is 29.3 Å². The summed E-state index contributed by atoms with van der Waals surface area (Å²) in [4.78, 5) is 2.16. The van der Waals surface area contributed by atoms with Crippen LogP contribution in [0.4, 0.5) is 10.1 Å². The summed E-state index contributed by atoms with van der Waals surface area (Å²) >= 11 is 0. The highest BCUT2D eigenvalue weighted by molar-refractivity contribution is 5.55. The Hall–Kier alpha value is -1.09. The van der Waals surface area contributed by atoms with Crippen molar-refractivity contribution in [2.75, 3.05) is 18.5 Å². The van der Waals surface area contributed by atoms with Gasteiger partial charge in [0.1, 0.15) is 5.82 Å². The highest BCUT2D eigenvalue weighted by atomic mass is 19.1. The Bertz CT molecular complexity index is 397. The van der Waals surface area contributed by atoms with Gasteiger partial charge in [0.25, 0.3) is 0 Å². The zero-order valence-corrected chi connectivity index (χ0v) is 11.3. The van der Waals surface area contributed by atoms with E-state index < -0.39 is 0 Å². The van der Waals surface area contributed by atoms with Crippen LogP contribution in [0.1, 0.15) is 44.2 Å². The van der Waals surface area contributed by atoms with Crippen LogP contribution in [0.3, 0.4) is 0 Å². The van der Waals surface area contributed by atoms with Gasteiger partial charge in [0.2, 0.25) is 0 Å². The minimum atomic E-state index is -0.271. The zero-order chi connectivity index (χ0) is 13.1. The fourth-order valence-corrected chi connectivity index (χ4v) is 2.99. The number of benzene rings is 1. The van der Waals surface area contributed by atoms with Gasteiger partial charge in [-0.15, -0.1) is 0 Å². The number of nitrogens with zero attached hydrogens (tertiary/aromatic N) is 1. The molecule has 0 bridgehead atoms. The highest BCUT2D eigenvalue weighted by Crippen LogP contribution is 2.30. The first-order chi connectivity index (χ1) is 8.59. The SMILES string of the molecule is C[C@@H](N)c1c(F)cccc1N(C)CC1CCCC1. The minimum Gasteiger partial charge on any atom is -0.374 e. The third kappa shape index (κ3) is 2.83. The third-order valence-electron chi connectivity index (χ3n) is 3.90. The molecule has 0 spiro atoms. The van der Waals surface area contributed by atoms with Gasteiger partial charge in [0.15, 0.2) is 0 Å². The first-order valence-electron chi connectivity index (χ1n) is 6.84. The smallest absolute Gasteiger partial charge is 0.130 e. The molecule has 0 saturated heterocycles. The van der Waals surface area contributed by atoms with E-state index in [4.69, 9.17) is 5.73 Å². The normalized spacial score (nSPS) is 18.0. The van der Waals surface area contributed by atoms with Gasteiger partial charge in [-0.2, -0.15) is 0 Å². The van der Waals surface area contributed by atoms with Gasteiger partial charge >= 0.3 is 0 Å². The Balaban J connectivity index is 2.18. The molecule has 1 aliphatic carbocycles. The van der Waals surface area contributed by atoms with Crippen molar-refractivity contribution in [3.05, 3.63) is 29.6 Å². The van der Waals surface area contributed by atoms with Gasteiger partial charge in [-0.1, -0.05) is 18.9 Å². The van der Waals surface area contributed by atoms with E-state index in [0.29, 0.717) is 5.56 Å². The van der Waals surface area contributed by atoms with E-state index in [1.165, 1.54) is 31.7 Å². The summed E-state index contributed by atoms with van der Waals surface area (Å²) in [6.45, 7) is 2.84. The number of rotatable bonds is 4. The van der Waals surface area contributed by atoms with Gasteiger partial charge in [-0.25, -0.2) is 4.39 Å². The molecule has 100 valence electrons. The van der Waals surface area contributed by atoms with Crippen LogP contribution in [0.25, 0.3) is 0 Å². The Morgan fingerprint density at radius 1 is 1.39 bits per heavy atom. The second-order valence-electron chi connectivity index (χ2n) is 5.49. The van der Waals surface area contributed by atoms with Gasteiger partial charge in [-0.05, 0) is 37.8 Å². The van der Waals surface area contributed by atoms with Crippen LogP contribution >= 0.6 is 0 Å². The Morgan fingerprint density at radius 3 is 2.67 bits per heavy atom. The fraction of sp³-hybridized carbons (Fsp3) is 0.600. The lowest BCUT2D eigenvalue weighted by Gasteiger charge is -2.26. The van der Waals surface area contributed by atoms with Crippen LogP contribution in [-0.4, -0.2) is 13.6 Å². The Morgan fingerprint density at radius 2 is 2.06 bits per heavy atom. The fourth-order valence-electron chi connectivity index (χ4n) is 2.99. The van der Waals surface area contributed by atoms with Gasteiger partial charge in [0, 0.05) is 30.9 Å². The first-order valence-corrected chi connectivity index (χ1v) is 6.84. The van der Waals surface area contributed by atoms with Crippen molar-refractivity contribution in [1.82, 2.24) is 0 Å². The summed E-state index contributed by atoms with van der Waals surface area (Å²) in [5, 5.41) is 0. The molecule has 2 rings (SSSR count). The lowest BCUT2D eigenvalue weighted by Crippen LogP contribution is -2.26. The average molecular weight is 250 g/mol. The molecule has 1 saturated carbocycles. The molecule has 0 amide bonds. The molecule has 3 heteroatoms. The molecule has 1 aromatic rings. The van der Waals surface area contributed by atoms with Crippen molar-refractivity contribution in [3.63, 3.8) is 0 Å². The van der Waals surface area contributed by atoms with Gasteiger partial charge in [-0.3, -0.25) is 0 Å². The van der Waals surface area contributed by atoms with Gasteiger partial charge in [0.05, 0.1) is 0 Å². The quantitative estimate of drug-likeness (QED) is 0.886. The molecule has 1 aromatic carbocycles. The Labute approximate surface area is 109 Å². The number of halogens is 1. The third-order valence-corrected chi connectivity index (χ3v) is 3.90. The summed E-state index contributed by atoms with van der Waals surface area (Å²) in [6.07, 6.45) is 5.27. The summed E-state index contributed by atoms with van der Waals surface area (Å²) in [7, 11) is 2.04. The highest BCUT2D eigenvalue weighted by Gasteiger charge is 2.20. The standard InChI is InChI=1S/C15H23FN2/c1-11(17)15-13(16)8-5-9-14(15)18(2)10-12-6-3-4-7-12/h5,8-9,11-12H,3-4,6-7,10,17H2,1-2H3/t11-/m1/s1. The van der Waals surface area contributed by atoms with Crippen LogP contribution in [0, 0.1) is 11.7 Å². The lowest BCUT2D eigenvalue weighted by molar-refractivity contribution is 0.542. The maximum atomic E-state index is 13.9. The van der Waals surface area contributed by atoms with E-state index in [1.807, 2.05) is 20.0 Å². The van der Waals surface area contributed by atoms with E-state index in [1.54, 1.807) is 6.07 Å². The molecule has 0 heterocycles. The van der Waals surface area contributed by atoms with E-state index in [2.05, 4.69) is 4.90 Å². The maximum Gasteiger partial charge on any atom is 0.130 e. The largest absolute Gasteiger partial charge is 0.374 e. The van der Waals surface area contributed by atoms with Crippen LogP contribution in [0.5, 0.6) is 0 Å². The van der Waals surface area contributed by atoms with Crippen molar-refractivity contribution in [1.29, 1.82) is 0 Å². The molecular weight excluding hydrogens is 227 g/mol. The predicted octanol–water partition coefficient (Wildman–Crippen LogP) is 3.47. The van der Waals surface area contributed by atoms with Gasteiger partial charge < -0.3 is 10.6 Å². The summed E-state index contributed by atoms with van der Waals surface area (Å²) in [5.41, 5.74) is 7.47. The molecule has 2 nitrogen and oxygen atoms in total. The number of anilines is 1. The Kier molecular flexibility index (Phi) is 4.23. The summed E-state index contributed by atoms with van der Waals surface area (Å²) < 4.78 is 13.9. The molecule has 0 aromatic heterocycles. The van der Waals surface area contributed by atoms with E-state index in [-0.39, 0.29) is 11.9 Å². The summed E-state index contributed by atoms with van der Waals surface area (Å²) in [6, 6.07) is 4.96. The first kappa shape index (κ1) is 13.3. The molecule has 0 unspecified atom stereocenters. The maximum absolute atomic E-state index is 13.9. The molecule has 18 heavy (non-hydrogen) atoms. The number of nitrogens with two attached hydrogens (primary N) is 1. The average Bonchev–Trinajstić information content (AvgIpc) is 2.80. The van der Waals surface area contributed by atoms with E-state index in [9.17, 15) is 4.39 Å². The molecule has 1 aliphatic rings. The van der Waals surface area contributed by atoms with Crippen LogP contribution in [-0.2, 0) is 0 Å². The van der Waals surface area contributed by atoms with Crippen molar-refractivity contribution >= 4 is 5.69 Å². The predicted molar refractivity (Wildman–Crippen MR) is 74.2 cm³/mol. The van der Waals surface area contributed by atoms with Crippen molar-refractivity contribution in [3.8, 4) is 0 Å².